The first kappa shape index (κ1) is 21.5. The van der Waals surface area contributed by atoms with Crippen molar-refractivity contribution in [3.63, 3.8) is 0 Å². The summed E-state index contributed by atoms with van der Waals surface area (Å²) in [6.45, 7) is 7.20. The molecule has 0 aliphatic carbocycles. The van der Waals surface area contributed by atoms with Crippen LogP contribution in [0.25, 0.3) is 0 Å². The van der Waals surface area contributed by atoms with Crippen LogP contribution < -0.4 is 5.32 Å². The Balaban J connectivity index is 1.88. The lowest BCUT2D eigenvalue weighted by Crippen LogP contribution is -2.44. The molecule has 2 aliphatic rings. The summed E-state index contributed by atoms with van der Waals surface area (Å²) in [6.07, 6.45) is 2.49. The molecular weight excluding hydrogens is 410 g/mol. The van der Waals surface area contributed by atoms with Gasteiger partial charge in [0.2, 0.25) is 5.91 Å². The number of hydrazine groups is 1. The molecule has 1 aromatic rings. The van der Waals surface area contributed by atoms with E-state index in [-0.39, 0.29) is 36.7 Å². The van der Waals surface area contributed by atoms with Gasteiger partial charge < -0.3 is 15.5 Å². The van der Waals surface area contributed by atoms with Gasteiger partial charge in [-0.2, -0.15) is 0 Å². The number of carboxylic acid groups (broad SMARTS) is 2. The Morgan fingerprint density at radius 2 is 1.90 bits per heavy atom. The predicted molar refractivity (Wildman–Crippen MR) is 108 cm³/mol. The minimum Gasteiger partial charge on any atom is -0.481 e. The summed E-state index contributed by atoms with van der Waals surface area (Å²) in [5.41, 5.74) is 0.311. The van der Waals surface area contributed by atoms with Crippen LogP contribution in [0.5, 0.6) is 0 Å². The highest BCUT2D eigenvalue weighted by atomic mass is 32.1. The van der Waals surface area contributed by atoms with Crippen molar-refractivity contribution in [3.05, 3.63) is 59.0 Å². The summed E-state index contributed by atoms with van der Waals surface area (Å²) in [7, 11) is 0. The second-order valence-electron chi connectivity index (χ2n) is 6.89. The van der Waals surface area contributed by atoms with E-state index < -0.39 is 35.7 Å². The summed E-state index contributed by atoms with van der Waals surface area (Å²) in [4.78, 5) is 49.6. The monoisotopic (exact) mass is 431 g/mol. The Morgan fingerprint density at radius 3 is 2.43 bits per heavy atom. The highest BCUT2D eigenvalue weighted by Crippen LogP contribution is 2.38. The molecule has 1 fully saturated rings. The molecule has 3 N–H and O–H groups in total. The minimum absolute atomic E-state index is 0.0406. The number of rotatable bonds is 9. The summed E-state index contributed by atoms with van der Waals surface area (Å²) in [5.74, 6) is -5.71. The van der Waals surface area contributed by atoms with Crippen molar-refractivity contribution >= 4 is 35.1 Å². The average molecular weight is 431 g/mol. The maximum atomic E-state index is 13.0. The molecule has 0 saturated carbocycles. The number of nitrogens with one attached hydrogen (secondary N) is 1. The van der Waals surface area contributed by atoms with Crippen molar-refractivity contribution in [2.75, 3.05) is 13.1 Å². The Kier molecular flexibility index (Phi) is 6.18. The van der Waals surface area contributed by atoms with Crippen molar-refractivity contribution in [2.45, 2.75) is 12.5 Å². The van der Waals surface area contributed by atoms with E-state index >= 15 is 0 Å². The van der Waals surface area contributed by atoms with E-state index in [1.807, 2.05) is 17.5 Å². The summed E-state index contributed by atoms with van der Waals surface area (Å²) in [6, 6.07) is 2.78. The molecule has 0 radical (unpaired) electrons. The van der Waals surface area contributed by atoms with Gasteiger partial charge >= 0.3 is 11.9 Å². The second-order valence-corrected chi connectivity index (χ2v) is 7.92. The number of hydrogen-bond donors (Lipinski definition) is 3. The Bertz CT molecular complexity index is 938. The van der Waals surface area contributed by atoms with Gasteiger partial charge in [-0.1, -0.05) is 18.2 Å². The largest absolute Gasteiger partial charge is 0.481 e. The maximum absolute atomic E-state index is 13.0. The zero-order valence-corrected chi connectivity index (χ0v) is 16.8. The van der Waals surface area contributed by atoms with Gasteiger partial charge in [0.15, 0.2) is 0 Å². The van der Waals surface area contributed by atoms with Crippen LogP contribution in [0.2, 0.25) is 0 Å². The zero-order chi connectivity index (χ0) is 22.0. The third-order valence-electron chi connectivity index (χ3n) is 5.02. The van der Waals surface area contributed by atoms with Crippen molar-refractivity contribution in [1.29, 1.82) is 0 Å². The molecule has 3 atom stereocenters. The summed E-state index contributed by atoms with van der Waals surface area (Å²) in [5, 5.41) is 26.4. The molecule has 2 unspecified atom stereocenters. The van der Waals surface area contributed by atoms with Gasteiger partial charge in [-0.3, -0.25) is 19.2 Å². The van der Waals surface area contributed by atoms with Gasteiger partial charge in [0.05, 0.1) is 18.0 Å². The van der Waals surface area contributed by atoms with E-state index in [0.29, 0.717) is 0 Å². The molecule has 158 valence electrons. The fraction of sp³-hybridized carbons (Fsp3) is 0.300. The molecule has 2 amide bonds. The molecule has 3 rings (SSSR count). The van der Waals surface area contributed by atoms with Crippen molar-refractivity contribution in [2.24, 2.45) is 11.8 Å². The van der Waals surface area contributed by atoms with Crippen LogP contribution in [-0.4, -0.2) is 63.1 Å². The van der Waals surface area contributed by atoms with Crippen LogP contribution in [0.1, 0.15) is 4.88 Å². The minimum atomic E-state index is -1.28. The second kappa shape index (κ2) is 8.64. The van der Waals surface area contributed by atoms with E-state index in [2.05, 4.69) is 18.5 Å². The molecule has 1 aromatic heterocycles. The molecule has 1 saturated heterocycles. The number of fused-ring (bicyclic) bond motifs is 1. The number of amides is 2. The first-order chi connectivity index (χ1) is 14.3. The Labute approximate surface area is 176 Å². The molecular formula is C20H21N3O6S. The van der Waals surface area contributed by atoms with Gasteiger partial charge in [-0.05, 0) is 17.0 Å². The van der Waals surface area contributed by atoms with E-state index in [9.17, 15) is 29.4 Å². The van der Waals surface area contributed by atoms with Crippen molar-refractivity contribution in [3.8, 4) is 0 Å². The van der Waals surface area contributed by atoms with Crippen molar-refractivity contribution < 1.29 is 29.4 Å². The quantitative estimate of drug-likeness (QED) is 0.495. The lowest BCUT2D eigenvalue weighted by molar-refractivity contribution is -0.142. The highest BCUT2D eigenvalue weighted by molar-refractivity contribution is 7.10. The van der Waals surface area contributed by atoms with Gasteiger partial charge in [-0.15, -0.1) is 24.5 Å². The average Bonchev–Trinajstić information content (AvgIpc) is 3.36. The first-order valence-electron chi connectivity index (χ1n) is 9.12. The molecule has 3 heterocycles. The number of carbonyl (C=O) groups is 4. The van der Waals surface area contributed by atoms with Gasteiger partial charge in [0.1, 0.15) is 12.0 Å². The summed E-state index contributed by atoms with van der Waals surface area (Å²) < 4.78 is 0. The fourth-order valence-electron chi connectivity index (χ4n) is 3.71. The third kappa shape index (κ3) is 3.91. The number of aliphatic carboxylic acids is 2. The molecule has 0 bridgehead atoms. The SMILES string of the molecule is C=CC(C(=O)O)C1=C(C(C=C)C(=O)O)N2C(=O)[C@@H](NC(=O)Cc3cccs3)CN2C1. The van der Waals surface area contributed by atoms with Crippen LogP contribution in [0.15, 0.2) is 54.1 Å². The standard InChI is InChI=1S/C20H21N3O6S/c1-3-12(19(26)27)14-9-22-10-15(21-16(24)8-11-6-5-7-30-11)18(25)23(22)17(14)13(4-2)20(28)29/h3-7,12-13,15H,1-2,8-10H2,(H,21,24)(H,26,27)(H,28,29)/t12?,13?,15-/m0/s1. The van der Waals surface area contributed by atoms with E-state index in [1.54, 1.807) is 5.01 Å². The van der Waals surface area contributed by atoms with Gasteiger partial charge in [-0.25, -0.2) is 10.0 Å². The van der Waals surface area contributed by atoms with Crippen LogP contribution >= 0.6 is 11.3 Å². The first-order valence-corrected chi connectivity index (χ1v) is 10.0. The van der Waals surface area contributed by atoms with Gasteiger partial charge in [0, 0.05) is 18.0 Å². The van der Waals surface area contributed by atoms with E-state index in [1.165, 1.54) is 22.4 Å². The van der Waals surface area contributed by atoms with E-state index in [4.69, 9.17) is 0 Å². The Hall–Kier alpha value is -3.24. The lowest BCUT2D eigenvalue weighted by Gasteiger charge is -2.24. The number of carbonyl (C=O) groups excluding carboxylic acids is 2. The van der Waals surface area contributed by atoms with Crippen LogP contribution in [0, 0.1) is 11.8 Å². The molecule has 0 aromatic carbocycles. The smallest absolute Gasteiger partial charge is 0.316 e. The van der Waals surface area contributed by atoms with E-state index in [0.717, 1.165) is 11.0 Å². The van der Waals surface area contributed by atoms with Crippen LogP contribution in [0.3, 0.4) is 0 Å². The Morgan fingerprint density at radius 1 is 1.23 bits per heavy atom. The lowest BCUT2D eigenvalue weighted by atomic mass is 9.91. The maximum Gasteiger partial charge on any atom is 0.316 e. The molecule has 0 spiro atoms. The van der Waals surface area contributed by atoms with Gasteiger partial charge in [0.25, 0.3) is 5.91 Å². The summed E-state index contributed by atoms with van der Waals surface area (Å²) >= 11 is 1.43. The van der Waals surface area contributed by atoms with Crippen LogP contribution in [-0.2, 0) is 25.6 Å². The predicted octanol–water partition coefficient (Wildman–Crippen LogP) is 0.876. The normalized spacial score (nSPS) is 20.6. The molecule has 30 heavy (non-hydrogen) atoms. The van der Waals surface area contributed by atoms with Crippen LogP contribution in [0.4, 0.5) is 0 Å². The number of nitrogens with zero attached hydrogens (tertiary/aromatic N) is 2. The number of hydrogen-bond acceptors (Lipinski definition) is 6. The molecule has 9 nitrogen and oxygen atoms in total. The molecule has 2 aliphatic heterocycles. The number of carboxylic acids is 2. The van der Waals surface area contributed by atoms with Crippen molar-refractivity contribution in [1.82, 2.24) is 15.3 Å². The third-order valence-corrected chi connectivity index (χ3v) is 5.89. The fourth-order valence-corrected chi connectivity index (χ4v) is 4.42. The highest BCUT2D eigenvalue weighted by Gasteiger charge is 2.49. The number of thiophene rings is 1. The topological polar surface area (TPSA) is 127 Å². The molecule has 10 heteroatoms. The zero-order valence-electron chi connectivity index (χ0n) is 16.0.